The number of phenols is 2. The van der Waals surface area contributed by atoms with E-state index in [0.717, 1.165) is 12.0 Å². The van der Waals surface area contributed by atoms with E-state index in [-0.39, 0.29) is 28.5 Å². The van der Waals surface area contributed by atoms with Crippen molar-refractivity contribution in [3.8, 4) is 17.2 Å². The minimum atomic E-state index is -1.01. The van der Waals surface area contributed by atoms with Gasteiger partial charge in [-0.2, -0.15) is 0 Å². The van der Waals surface area contributed by atoms with Gasteiger partial charge in [-0.1, -0.05) is 25.1 Å². The van der Waals surface area contributed by atoms with E-state index in [4.69, 9.17) is 4.74 Å². The van der Waals surface area contributed by atoms with Crippen LogP contribution < -0.4 is 9.64 Å². The largest absolute Gasteiger partial charge is 0.508 e. The molecule has 3 aromatic carbocycles. The zero-order chi connectivity index (χ0) is 24.4. The Kier molecular flexibility index (Phi) is 6.27. The highest BCUT2D eigenvalue weighted by atomic mass is 16.5. The molecular weight excluding hydrogens is 434 g/mol. The van der Waals surface area contributed by atoms with Crippen molar-refractivity contribution >= 4 is 23.1 Å². The topological polar surface area (TPSA) is 107 Å². The number of ether oxygens (including phenoxy) is 1. The maximum Gasteiger partial charge on any atom is 0.300 e. The van der Waals surface area contributed by atoms with E-state index < -0.39 is 17.7 Å². The number of rotatable bonds is 6. The number of Topliss-reactive ketones (excluding diaryl/α,β-unsaturated/α-hetero) is 1. The molecule has 0 bridgehead atoms. The Balaban J connectivity index is 1.88. The second kappa shape index (κ2) is 9.31. The summed E-state index contributed by atoms with van der Waals surface area (Å²) in [7, 11) is 0. The third-order valence-corrected chi connectivity index (χ3v) is 5.64. The van der Waals surface area contributed by atoms with Gasteiger partial charge < -0.3 is 20.1 Å². The highest BCUT2D eigenvalue weighted by Gasteiger charge is 2.47. The van der Waals surface area contributed by atoms with E-state index >= 15 is 0 Å². The summed E-state index contributed by atoms with van der Waals surface area (Å²) >= 11 is 0. The van der Waals surface area contributed by atoms with Gasteiger partial charge in [-0.3, -0.25) is 14.5 Å². The number of hydrogen-bond donors (Lipinski definition) is 3. The van der Waals surface area contributed by atoms with Gasteiger partial charge in [0.1, 0.15) is 23.0 Å². The summed E-state index contributed by atoms with van der Waals surface area (Å²) in [5, 5.41) is 31.4. The van der Waals surface area contributed by atoms with Gasteiger partial charge in [-0.05, 0) is 73.0 Å². The van der Waals surface area contributed by atoms with Crippen molar-refractivity contribution < 1.29 is 29.6 Å². The molecular formula is C27H25NO6. The lowest BCUT2D eigenvalue weighted by molar-refractivity contribution is -0.132. The van der Waals surface area contributed by atoms with Crippen LogP contribution in [0, 0.1) is 6.92 Å². The number of ketones is 1. The number of nitrogens with zero attached hydrogens (tertiary/aromatic N) is 1. The van der Waals surface area contributed by atoms with Gasteiger partial charge in [0, 0.05) is 5.56 Å². The molecule has 1 atom stereocenters. The van der Waals surface area contributed by atoms with Crippen LogP contribution in [-0.4, -0.2) is 33.6 Å². The molecule has 7 heteroatoms. The molecule has 1 aliphatic rings. The van der Waals surface area contributed by atoms with Crippen LogP contribution in [0.4, 0.5) is 5.69 Å². The van der Waals surface area contributed by atoms with Gasteiger partial charge in [-0.25, -0.2) is 0 Å². The number of anilines is 1. The second-order valence-corrected chi connectivity index (χ2v) is 8.13. The first-order valence-corrected chi connectivity index (χ1v) is 10.9. The van der Waals surface area contributed by atoms with Gasteiger partial charge in [0.05, 0.1) is 23.9 Å². The predicted molar refractivity (Wildman–Crippen MR) is 128 cm³/mol. The zero-order valence-electron chi connectivity index (χ0n) is 18.9. The van der Waals surface area contributed by atoms with Crippen molar-refractivity contribution in [1.29, 1.82) is 0 Å². The van der Waals surface area contributed by atoms with Crippen LogP contribution in [-0.2, 0) is 9.59 Å². The van der Waals surface area contributed by atoms with Crippen LogP contribution in [0.25, 0.3) is 5.76 Å². The SMILES string of the molecule is CCCOc1ccc(/C(O)=C2\C(=O)C(=O)N(c3cc(C)ccc3O)C2c2ccc(O)cc2)cc1. The molecule has 0 radical (unpaired) electrons. The Labute approximate surface area is 197 Å². The average molecular weight is 459 g/mol. The molecule has 1 amide bonds. The number of carbonyl (C=O) groups excluding carboxylic acids is 2. The minimum Gasteiger partial charge on any atom is -0.508 e. The fourth-order valence-corrected chi connectivity index (χ4v) is 3.96. The lowest BCUT2D eigenvalue weighted by atomic mass is 9.95. The van der Waals surface area contributed by atoms with Gasteiger partial charge in [0.15, 0.2) is 0 Å². The number of phenolic OH excluding ortho intramolecular Hbond substituents is 2. The van der Waals surface area contributed by atoms with Crippen molar-refractivity contribution in [3.63, 3.8) is 0 Å². The van der Waals surface area contributed by atoms with E-state index in [1.54, 1.807) is 55.5 Å². The summed E-state index contributed by atoms with van der Waals surface area (Å²) in [5.74, 6) is -1.62. The van der Waals surface area contributed by atoms with Crippen molar-refractivity contribution in [2.45, 2.75) is 26.3 Å². The van der Waals surface area contributed by atoms with Crippen LogP contribution in [0.1, 0.15) is 36.1 Å². The Morgan fingerprint density at radius 1 is 0.971 bits per heavy atom. The first kappa shape index (κ1) is 22.9. The summed E-state index contributed by atoms with van der Waals surface area (Å²) in [4.78, 5) is 27.6. The molecule has 1 saturated heterocycles. The molecule has 1 fully saturated rings. The summed E-state index contributed by atoms with van der Waals surface area (Å²) in [6, 6.07) is 16.3. The molecule has 0 aromatic heterocycles. The van der Waals surface area contributed by atoms with Gasteiger partial charge in [-0.15, -0.1) is 0 Å². The lowest BCUT2D eigenvalue weighted by Gasteiger charge is -2.26. The summed E-state index contributed by atoms with van der Waals surface area (Å²) in [6.07, 6.45) is 0.851. The zero-order valence-corrected chi connectivity index (χ0v) is 18.9. The van der Waals surface area contributed by atoms with Crippen molar-refractivity contribution in [1.82, 2.24) is 0 Å². The van der Waals surface area contributed by atoms with Crippen molar-refractivity contribution in [3.05, 3.63) is 89.0 Å². The molecule has 174 valence electrons. The monoisotopic (exact) mass is 459 g/mol. The fourth-order valence-electron chi connectivity index (χ4n) is 3.96. The number of aryl methyl sites for hydroxylation is 1. The molecule has 0 saturated carbocycles. The van der Waals surface area contributed by atoms with E-state index in [1.807, 2.05) is 6.92 Å². The van der Waals surface area contributed by atoms with Crippen molar-refractivity contribution in [2.75, 3.05) is 11.5 Å². The predicted octanol–water partition coefficient (Wildman–Crippen LogP) is 4.82. The summed E-state index contributed by atoms with van der Waals surface area (Å²) in [5.41, 5.74) is 1.66. The van der Waals surface area contributed by atoms with Gasteiger partial charge >= 0.3 is 0 Å². The lowest BCUT2D eigenvalue weighted by Crippen LogP contribution is -2.29. The smallest absolute Gasteiger partial charge is 0.300 e. The number of aliphatic hydroxyl groups excluding tert-OH is 1. The summed E-state index contributed by atoms with van der Waals surface area (Å²) in [6.45, 7) is 4.35. The number of carbonyl (C=O) groups is 2. The van der Waals surface area contributed by atoms with Gasteiger partial charge in [0.2, 0.25) is 0 Å². The van der Waals surface area contributed by atoms with E-state index in [0.29, 0.717) is 23.5 Å². The van der Waals surface area contributed by atoms with Crippen LogP contribution in [0.2, 0.25) is 0 Å². The number of hydrogen-bond acceptors (Lipinski definition) is 6. The first-order chi connectivity index (χ1) is 16.3. The Morgan fingerprint density at radius 2 is 1.65 bits per heavy atom. The normalized spacial score (nSPS) is 17.2. The molecule has 34 heavy (non-hydrogen) atoms. The molecule has 0 aliphatic carbocycles. The number of benzene rings is 3. The molecule has 3 N–H and O–H groups in total. The maximum absolute atomic E-state index is 13.2. The summed E-state index contributed by atoms with van der Waals surface area (Å²) < 4.78 is 5.58. The molecule has 7 nitrogen and oxygen atoms in total. The van der Waals surface area contributed by atoms with Gasteiger partial charge in [0.25, 0.3) is 11.7 Å². The first-order valence-electron chi connectivity index (χ1n) is 10.9. The molecule has 0 spiro atoms. The number of aliphatic hydroxyl groups is 1. The van der Waals surface area contributed by atoms with Crippen LogP contribution in [0.15, 0.2) is 72.3 Å². The van der Waals surface area contributed by atoms with Crippen LogP contribution in [0.5, 0.6) is 17.2 Å². The standard InChI is InChI=1S/C27H25NO6/c1-3-14-34-20-11-7-18(8-12-20)25(31)23-24(17-5-9-19(29)10-6-17)28(27(33)26(23)32)21-15-16(2)4-13-22(21)30/h4-13,15,24,29-31H,3,14H2,1-2H3/b25-23+. The second-order valence-electron chi connectivity index (χ2n) is 8.13. The average Bonchev–Trinajstić information content (AvgIpc) is 3.10. The third kappa shape index (κ3) is 4.20. The van der Waals surface area contributed by atoms with E-state index in [2.05, 4.69) is 0 Å². The Morgan fingerprint density at radius 3 is 2.29 bits per heavy atom. The van der Waals surface area contributed by atoms with Crippen LogP contribution >= 0.6 is 0 Å². The highest BCUT2D eigenvalue weighted by Crippen LogP contribution is 2.45. The van der Waals surface area contributed by atoms with Crippen molar-refractivity contribution in [2.24, 2.45) is 0 Å². The molecule has 1 unspecified atom stereocenters. The number of amides is 1. The van der Waals surface area contributed by atoms with E-state index in [1.165, 1.54) is 23.1 Å². The molecule has 3 aromatic rings. The maximum atomic E-state index is 13.2. The number of aromatic hydroxyl groups is 2. The molecule has 4 rings (SSSR count). The van der Waals surface area contributed by atoms with E-state index in [9.17, 15) is 24.9 Å². The van der Waals surface area contributed by atoms with Crippen LogP contribution in [0.3, 0.4) is 0 Å². The Bertz CT molecular complexity index is 1260. The quantitative estimate of drug-likeness (QED) is 0.277. The minimum absolute atomic E-state index is 0.0155. The Hall–Kier alpha value is -4.26. The third-order valence-electron chi connectivity index (χ3n) is 5.64. The molecule has 1 heterocycles. The fraction of sp³-hybridized carbons (Fsp3) is 0.185. The molecule has 1 aliphatic heterocycles. The highest BCUT2D eigenvalue weighted by molar-refractivity contribution is 6.51.